The fourth-order valence-electron chi connectivity index (χ4n) is 2.16. The third-order valence-corrected chi connectivity index (χ3v) is 5.83. The number of nitrogens with two attached hydrogens (primary N) is 1. The molecule has 0 aliphatic carbocycles. The van der Waals surface area contributed by atoms with Crippen LogP contribution in [-0.4, -0.2) is 16.8 Å². The average molecular weight is 369 g/mol. The average Bonchev–Trinajstić information content (AvgIpc) is 2.53. The molecule has 2 aromatic carbocycles. The normalized spacial score (nSPS) is 13.5. The summed E-state index contributed by atoms with van der Waals surface area (Å²) in [4.78, 5) is -0.560. The summed E-state index contributed by atoms with van der Waals surface area (Å²) in [6.45, 7) is 3.96. The Bertz CT molecular complexity index is 936. The van der Waals surface area contributed by atoms with Crippen LogP contribution in [0, 0.1) is 0 Å². The van der Waals surface area contributed by atoms with Gasteiger partial charge in [0.25, 0.3) is 0 Å². The number of sulfonamides is 1. The van der Waals surface area contributed by atoms with E-state index in [2.05, 4.69) is 0 Å². The molecule has 0 radical (unpaired) electrons. The molecule has 0 amide bonds. The topological polar surface area (TPSA) is 104 Å². The Labute approximate surface area is 142 Å². The quantitative estimate of drug-likeness (QED) is 0.788. The Morgan fingerprint density at radius 2 is 1.62 bits per heavy atom. The third-order valence-electron chi connectivity index (χ3n) is 3.68. The first-order valence-corrected chi connectivity index (χ1v) is 10.3. The SMILES string of the molecule is CCC(C)c1ccccc1OS(=O)(=O)c1cccc(S(N)(=O)=O)c1. The maximum atomic E-state index is 12.5. The van der Waals surface area contributed by atoms with Crippen LogP contribution in [0.1, 0.15) is 31.7 Å². The van der Waals surface area contributed by atoms with Gasteiger partial charge in [0, 0.05) is 0 Å². The van der Waals surface area contributed by atoms with E-state index in [4.69, 9.17) is 9.32 Å². The van der Waals surface area contributed by atoms with Gasteiger partial charge in [-0.05, 0) is 42.2 Å². The van der Waals surface area contributed by atoms with Crippen molar-refractivity contribution in [1.29, 1.82) is 0 Å². The number of hydrogen-bond acceptors (Lipinski definition) is 5. The molecule has 0 saturated carbocycles. The van der Waals surface area contributed by atoms with E-state index >= 15 is 0 Å². The summed E-state index contributed by atoms with van der Waals surface area (Å²) < 4.78 is 53.0. The highest BCUT2D eigenvalue weighted by atomic mass is 32.2. The van der Waals surface area contributed by atoms with Gasteiger partial charge in [0.2, 0.25) is 10.0 Å². The van der Waals surface area contributed by atoms with Gasteiger partial charge in [0.05, 0.1) is 4.90 Å². The summed E-state index contributed by atoms with van der Waals surface area (Å²) in [5.74, 6) is 0.347. The van der Waals surface area contributed by atoms with Gasteiger partial charge in [0.1, 0.15) is 10.6 Å². The summed E-state index contributed by atoms with van der Waals surface area (Å²) in [6.07, 6.45) is 0.821. The van der Waals surface area contributed by atoms with Gasteiger partial charge < -0.3 is 4.18 Å². The van der Waals surface area contributed by atoms with Gasteiger partial charge in [-0.15, -0.1) is 0 Å². The van der Waals surface area contributed by atoms with Crippen LogP contribution >= 0.6 is 0 Å². The summed E-state index contributed by atoms with van der Waals surface area (Å²) in [7, 11) is -8.18. The minimum Gasteiger partial charge on any atom is -0.379 e. The zero-order valence-corrected chi connectivity index (χ0v) is 15.0. The molecule has 130 valence electrons. The number of rotatable bonds is 6. The molecule has 0 aliphatic rings. The van der Waals surface area contributed by atoms with Gasteiger partial charge in [-0.2, -0.15) is 8.42 Å². The molecule has 1 unspecified atom stereocenters. The van der Waals surface area contributed by atoms with Gasteiger partial charge in [-0.25, -0.2) is 13.6 Å². The van der Waals surface area contributed by atoms with E-state index in [0.717, 1.165) is 18.1 Å². The van der Waals surface area contributed by atoms with Crippen LogP contribution in [0.15, 0.2) is 58.3 Å². The van der Waals surface area contributed by atoms with Crippen LogP contribution in [0.25, 0.3) is 0 Å². The molecule has 0 aliphatic heterocycles. The van der Waals surface area contributed by atoms with Crippen molar-refractivity contribution in [3.05, 3.63) is 54.1 Å². The Kier molecular flexibility index (Phi) is 5.32. The molecule has 0 fully saturated rings. The molecule has 2 rings (SSSR count). The van der Waals surface area contributed by atoms with Crippen LogP contribution in [0.5, 0.6) is 5.75 Å². The lowest BCUT2D eigenvalue weighted by atomic mass is 9.98. The molecule has 2 N–H and O–H groups in total. The molecular formula is C16H19NO5S2. The van der Waals surface area contributed by atoms with Crippen molar-refractivity contribution in [3.63, 3.8) is 0 Å². The van der Waals surface area contributed by atoms with Gasteiger partial charge >= 0.3 is 10.1 Å². The second kappa shape index (κ2) is 6.92. The summed E-state index contributed by atoms with van der Waals surface area (Å²) in [6, 6.07) is 11.6. The standard InChI is InChI=1S/C16H19NO5S2/c1-3-12(2)15-9-4-5-10-16(15)22-24(20,21)14-8-6-7-13(11-14)23(17,18)19/h4-12H,3H2,1-2H3,(H2,17,18,19). The van der Waals surface area contributed by atoms with E-state index < -0.39 is 20.1 Å². The van der Waals surface area contributed by atoms with Crippen LogP contribution in [0.2, 0.25) is 0 Å². The lowest BCUT2D eigenvalue weighted by molar-refractivity contribution is 0.479. The lowest BCUT2D eigenvalue weighted by Crippen LogP contribution is -2.15. The summed E-state index contributed by atoms with van der Waals surface area (Å²) in [5, 5.41) is 5.04. The first-order chi connectivity index (χ1) is 11.1. The number of primary sulfonamides is 1. The third kappa shape index (κ3) is 4.14. The Balaban J connectivity index is 2.44. The maximum absolute atomic E-state index is 12.5. The van der Waals surface area contributed by atoms with Crippen molar-refractivity contribution in [1.82, 2.24) is 0 Å². The number of hydrogen-bond donors (Lipinski definition) is 1. The summed E-state index contributed by atoms with van der Waals surface area (Å²) >= 11 is 0. The molecule has 0 heterocycles. The predicted octanol–water partition coefficient (Wildman–Crippen LogP) is 2.62. The van der Waals surface area contributed by atoms with Gasteiger partial charge in [-0.3, -0.25) is 0 Å². The molecule has 0 bridgehead atoms. The molecule has 1 atom stereocenters. The van der Waals surface area contributed by atoms with Crippen LogP contribution in [0.3, 0.4) is 0 Å². The number of benzene rings is 2. The predicted molar refractivity (Wildman–Crippen MR) is 90.8 cm³/mol. The largest absolute Gasteiger partial charge is 0.379 e. The highest BCUT2D eigenvalue weighted by molar-refractivity contribution is 7.89. The van der Waals surface area contributed by atoms with Crippen molar-refractivity contribution >= 4 is 20.1 Å². The lowest BCUT2D eigenvalue weighted by Gasteiger charge is -2.15. The van der Waals surface area contributed by atoms with E-state index in [0.29, 0.717) is 0 Å². The summed E-state index contributed by atoms with van der Waals surface area (Å²) in [5.41, 5.74) is 0.770. The second-order valence-electron chi connectivity index (χ2n) is 5.40. The fraction of sp³-hybridized carbons (Fsp3) is 0.250. The Morgan fingerprint density at radius 1 is 1.00 bits per heavy atom. The minimum atomic E-state index is -4.18. The maximum Gasteiger partial charge on any atom is 0.339 e. The zero-order chi connectivity index (χ0) is 18.0. The molecular weight excluding hydrogens is 350 g/mol. The van der Waals surface area contributed by atoms with E-state index in [1.54, 1.807) is 18.2 Å². The van der Waals surface area contributed by atoms with E-state index in [1.165, 1.54) is 18.2 Å². The molecule has 0 spiro atoms. The molecule has 2 aromatic rings. The Morgan fingerprint density at radius 3 is 2.25 bits per heavy atom. The fourth-order valence-corrected chi connectivity index (χ4v) is 3.79. The van der Waals surface area contributed by atoms with Crippen molar-refractivity contribution in [3.8, 4) is 5.75 Å². The van der Waals surface area contributed by atoms with Gasteiger partial charge in [0.15, 0.2) is 0 Å². The monoisotopic (exact) mass is 369 g/mol. The first-order valence-electron chi connectivity index (χ1n) is 7.31. The molecule has 8 heteroatoms. The smallest absolute Gasteiger partial charge is 0.339 e. The molecule has 24 heavy (non-hydrogen) atoms. The zero-order valence-electron chi connectivity index (χ0n) is 13.3. The molecule has 6 nitrogen and oxygen atoms in total. The first kappa shape index (κ1) is 18.4. The van der Waals surface area contributed by atoms with Crippen molar-refractivity contribution in [2.45, 2.75) is 36.0 Å². The molecule has 0 saturated heterocycles. The highest BCUT2D eigenvalue weighted by Gasteiger charge is 2.21. The molecule has 0 aromatic heterocycles. The van der Waals surface area contributed by atoms with E-state index in [9.17, 15) is 16.8 Å². The Hall–Kier alpha value is -1.90. The number of para-hydroxylation sites is 1. The highest BCUT2D eigenvalue weighted by Crippen LogP contribution is 2.30. The second-order valence-corrected chi connectivity index (χ2v) is 8.51. The van der Waals surface area contributed by atoms with Crippen molar-refractivity contribution in [2.24, 2.45) is 5.14 Å². The van der Waals surface area contributed by atoms with Crippen LogP contribution in [0.4, 0.5) is 0 Å². The van der Waals surface area contributed by atoms with Crippen molar-refractivity contribution in [2.75, 3.05) is 0 Å². The van der Waals surface area contributed by atoms with Gasteiger partial charge in [-0.1, -0.05) is 38.1 Å². The van der Waals surface area contributed by atoms with Crippen LogP contribution in [-0.2, 0) is 20.1 Å². The van der Waals surface area contributed by atoms with E-state index in [-0.39, 0.29) is 21.5 Å². The van der Waals surface area contributed by atoms with E-state index in [1.807, 2.05) is 19.9 Å². The van der Waals surface area contributed by atoms with Crippen molar-refractivity contribution < 1.29 is 21.0 Å². The minimum absolute atomic E-state index is 0.118. The van der Waals surface area contributed by atoms with Crippen LogP contribution < -0.4 is 9.32 Å².